The van der Waals surface area contributed by atoms with Crippen molar-refractivity contribution in [1.29, 1.82) is 0 Å². The Balaban J connectivity index is 3.03. The number of carbonyl (C=O) groups is 2. The van der Waals surface area contributed by atoms with Gasteiger partial charge in [-0.25, -0.2) is 14.0 Å². The summed E-state index contributed by atoms with van der Waals surface area (Å²) < 4.78 is 23.7. The monoisotopic (exact) mass is 395 g/mol. The SMILES string of the molecule is COC(=O)c1cc(I)c(F)c(NC(=O)OC(C)(C)C)c1. The molecule has 5 nitrogen and oxygen atoms in total. The number of rotatable bonds is 2. The van der Waals surface area contributed by atoms with Gasteiger partial charge in [-0.1, -0.05) is 0 Å². The number of amides is 1. The van der Waals surface area contributed by atoms with Crippen molar-refractivity contribution in [1.82, 2.24) is 0 Å². The summed E-state index contributed by atoms with van der Waals surface area (Å²) >= 11 is 1.73. The van der Waals surface area contributed by atoms with E-state index in [0.29, 0.717) is 0 Å². The second-order valence-corrected chi connectivity index (χ2v) is 6.10. The third-order valence-corrected chi connectivity index (χ3v) is 2.87. The molecule has 0 aliphatic rings. The molecule has 0 bridgehead atoms. The van der Waals surface area contributed by atoms with Crippen molar-refractivity contribution in [2.45, 2.75) is 26.4 Å². The number of carbonyl (C=O) groups excluding carboxylic acids is 2. The number of hydrogen-bond acceptors (Lipinski definition) is 4. The molecule has 0 heterocycles. The van der Waals surface area contributed by atoms with Gasteiger partial charge in [-0.15, -0.1) is 0 Å². The van der Waals surface area contributed by atoms with Crippen LogP contribution in [-0.4, -0.2) is 24.8 Å². The topological polar surface area (TPSA) is 64.6 Å². The number of benzene rings is 1. The van der Waals surface area contributed by atoms with E-state index < -0.39 is 23.5 Å². The largest absolute Gasteiger partial charge is 0.465 e. The van der Waals surface area contributed by atoms with Gasteiger partial charge in [0.05, 0.1) is 21.9 Å². The van der Waals surface area contributed by atoms with Crippen LogP contribution in [0, 0.1) is 9.39 Å². The van der Waals surface area contributed by atoms with E-state index in [1.165, 1.54) is 19.2 Å². The molecule has 1 rings (SSSR count). The van der Waals surface area contributed by atoms with Crippen LogP contribution in [0.25, 0.3) is 0 Å². The fourth-order valence-electron chi connectivity index (χ4n) is 1.33. The minimum Gasteiger partial charge on any atom is -0.465 e. The molecule has 0 spiro atoms. The predicted octanol–water partition coefficient (Wildman–Crippen LogP) is 3.56. The van der Waals surface area contributed by atoms with Crippen molar-refractivity contribution >= 4 is 40.3 Å². The molecule has 0 fully saturated rings. The minimum absolute atomic E-state index is 0.133. The van der Waals surface area contributed by atoms with Gasteiger partial charge in [-0.2, -0.15) is 0 Å². The number of methoxy groups -OCH3 is 1. The Morgan fingerprint density at radius 3 is 2.40 bits per heavy atom. The van der Waals surface area contributed by atoms with Crippen LogP contribution in [0.1, 0.15) is 31.1 Å². The van der Waals surface area contributed by atoms with Crippen molar-refractivity contribution in [3.63, 3.8) is 0 Å². The number of anilines is 1. The van der Waals surface area contributed by atoms with Crippen LogP contribution in [0.2, 0.25) is 0 Å². The molecule has 20 heavy (non-hydrogen) atoms. The number of ether oxygens (including phenoxy) is 2. The summed E-state index contributed by atoms with van der Waals surface area (Å²) in [6, 6.07) is 2.54. The van der Waals surface area contributed by atoms with Crippen molar-refractivity contribution in [3.8, 4) is 0 Å². The molecule has 0 radical (unpaired) electrons. The third-order valence-electron chi connectivity index (χ3n) is 2.08. The molecule has 1 amide bonds. The van der Waals surface area contributed by atoms with Crippen LogP contribution < -0.4 is 5.32 Å². The third kappa shape index (κ3) is 4.62. The number of halogens is 2. The maximum Gasteiger partial charge on any atom is 0.412 e. The van der Waals surface area contributed by atoms with Crippen LogP contribution in [0.3, 0.4) is 0 Å². The molecule has 0 aliphatic heterocycles. The molecule has 0 aliphatic carbocycles. The fourth-order valence-corrected chi connectivity index (χ4v) is 1.96. The zero-order valence-corrected chi connectivity index (χ0v) is 13.7. The van der Waals surface area contributed by atoms with Gasteiger partial charge in [-0.05, 0) is 55.5 Å². The lowest BCUT2D eigenvalue weighted by molar-refractivity contribution is 0.0596. The summed E-state index contributed by atoms with van der Waals surface area (Å²) in [7, 11) is 1.22. The van der Waals surface area contributed by atoms with Crippen LogP contribution in [0.4, 0.5) is 14.9 Å². The van der Waals surface area contributed by atoms with Gasteiger partial charge in [-0.3, -0.25) is 5.32 Å². The normalized spacial score (nSPS) is 10.9. The highest BCUT2D eigenvalue weighted by molar-refractivity contribution is 14.1. The summed E-state index contributed by atoms with van der Waals surface area (Å²) in [4.78, 5) is 23.1. The molecular weight excluding hydrogens is 380 g/mol. The minimum atomic E-state index is -0.797. The highest BCUT2D eigenvalue weighted by Crippen LogP contribution is 2.23. The molecular formula is C13H15FINO4. The van der Waals surface area contributed by atoms with E-state index in [1.807, 2.05) is 0 Å². The van der Waals surface area contributed by atoms with Gasteiger partial charge in [0.25, 0.3) is 0 Å². The molecule has 0 saturated carbocycles. The molecule has 0 atom stereocenters. The van der Waals surface area contributed by atoms with Crippen LogP contribution in [-0.2, 0) is 9.47 Å². The second-order valence-electron chi connectivity index (χ2n) is 4.94. The molecule has 1 aromatic rings. The van der Waals surface area contributed by atoms with Gasteiger partial charge in [0.2, 0.25) is 0 Å². The lowest BCUT2D eigenvalue weighted by Gasteiger charge is -2.20. The standard InChI is InChI=1S/C13H15FINO4/c1-13(2,3)20-12(18)16-9-6-7(11(17)19-4)5-8(15)10(9)14/h5-6H,1-4H3,(H,16,18). The quantitative estimate of drug-likeness (QED) is 0.615. The Morgan fingerprint density at radius 2 is 1.90 bits per heavy atom. The zero-order chi connectivity index (χ0) is 15.5. The van der Waals surface area contributed by atoms with Gasteiger partial charge in [0.1, 0.15) is 5.60 Å². The fraction of sp³-hybridized carbons (Fsp3) is 0.385. The second kappa shape index (κ2) is 6.38. The Morgan fingerprint density at radius 1 is 1.30 bits per heavy atom. The molecule has 7 heteroatoms. The van der Waals surface area contributed by atoms with Gasteiger partial charge in [0.15, 0.2) is 5.82 Å². The van der Waals surface area contributed by atoms with Crippen molar-refractivity contribution < 1.29 is 23.5 Å². The number of nitrogens with one attached hydrogen (secondary N) is 1. The molecule has 0 saturated heterocycles. The Hall–Kier alpha value is -1.38. The van der Waals surface area contributed by atoms with E-state index in [2.05, 4.69) is 10.1 Å². The van der Waals surface area contributed by atoms with E-state index in [4.69, 9.17) is 4.74 Å². The van der Waals surface area contributed by atoms with Crippen LogP contribution in [0.5, 0.6) is 0 Å². The van der Waals surface area contributed by atoms with E-state index in [9.17, 15) is 14.0 Å². The average Bonchev–Trinajstić information content (AvgIpc) is 2.31. The molecule has 1 N–H and O–H groups in total. The highest BCUT2D eigenvalue weighted by Gasteiger charge is 2.20. The smallest absolute Gasteiger partial charge is 0.412 e. The summed E-state index contributed by atoms with van der Waals surface area (Å²) in [5, 5.41) is 2.28. The molecule has 1 aromatic carbocycles. The number of esters is 1. The number of hydrogen-bond donors (Lipinski definition) is 1. The summed E-state index contributed by atoms with van der Waals surface area (Å²) in [5.41, 5.74) is -0.691. The highest BCUT2D eigenvalue weighted by atomic mass is 127. The Kier molecular flexibility index (Phi) is 5.32. The molecule has 110 valence electrons. The summed E-state index contributed by atoms with van der Waals surface area (Å²) in [5.74, 6) is -1.25. The summed E-state index contributed by atoms with van der Waals surface area (Å²) in [6.07, 6.45) is -0.797. The maximum atomic E-state index is 13.9. The lowest BCUT2D eigenvalue weighted by Crippen LogP contribution is -2.27. The Labute approximate surface area is 130 Å². The first kappa shape index (κ1) is 16.7. The van der Waals surface area contributed by atoms with Crippen LogP contribution >= 0.6 is 22.6 Å². The summed E-state index contributed by atoms with van der Waals surface area (Å²) in [6.45, 7) is 5.08. The van der Waals surface area contributed by atoms with Gasteiger partial charge < -0.3 is 9.47 Å². The van der Waals surface area contributed by atoms with E-state index in [0.717, 1.165) is 0 Å². The van der Waals surface area contributed by atoms with E-state index in [-0.39, 0.29) is 14.8 Å². The molecule has 0 unspecified atom stereocenters. The maximum absolute atomic E-state index is 13.9. The molecule has 0 aromatic heterocycles. The van der Waals surface area contributed by atoms with Crippen molar-refractivity contribution in [3.05, 3.63) is 27.1 Å². The predicted molar refractivity (Wildman–Crippen MR) is 80.3 cm³/mol. The Bertz CT molecular complexity index is 540. The average molecular weight is 395 g/mol. The zero-order valence-electron chi connectivity index (χ0n) is 11.5. The first-order valence-corrected chi connectivity index (χ1v) is 6.79. The van der Waals surface area contributed by atoms with Crippen LogP contribution in [0.15, 0.2) is 12.1 Å². The van der Waals surface area contributed by atoms with Crippen molar-refractivity contribution in [2.24, 2.45) is 0 Å². The first-order valence-electron chi connectivity index (χ1n) is 5.71. The first-order chi connectivity index (χ1) is 9.14. The van der Waals surface area contributed by atoms with E-state index in [1.54, 1.807) is 43.4 Å². The van der Waals surface area contributed by atoms with Gasteiger partial charge >= 0.3 is 12.1 Å². The van der Waals surface area contributed by atoms with E-state index >= 15 is 0 Å². The lowest BCUT2D eigenvalue weighted by atomic mass is 10.2. The van der Waals surface area contributed by atoms with Crippen molar-refractivity contribution in [2.75, 3.05) is 12.4 Å². The van der Waals surface area contributed by atoms with Gasteiger partial charge in [0, 0.05) is 0 Å².